The molecule has 2 aromatic rings. The lowest BCUT2D eigenvalue weighted by atomic mass is 10.1. The van der Waals surface area contributed by atoms with Gasteiger partial charge in [0.1, 0.15) is 11.9 Å². The third-order valence-corrected chi connectivity index (χ3v) is 3.55. The number of nitrogens with one attached hydrogen (secondary N) is 1. The molecular formula is C16H21N3O. The Kier molecular flexibility index (Phi) is 4.02. The van der Waals surface area contributed by atoms with Gasteiger partial charge in [0, 0.05) is 24.7 Å². The highest BCUT2D eigenvalue weighted by Gasteiger charge is 2.22. The SMILES string of the molecule is CCCNCc1cnn(CC2Cc3ccccc3O2)c1. The second-order valence-corrected chi connectivity index (χ2v) is 5.30. The van der Waals surface area contributed by atoms with Crippen LogP contribution in [-0.4, -0.2) is 22.4 Å². The van der Waals surface area contributed by atoms with E-state index in [0.717, 1.165) is 38.2 Å². The summed E-state index contributed by atoms with van der Waals surface area (Å²) in [6, 6.07) is 8.26. The van der Waals surface area contributed by atoms with Gasteiger partial charge in [0.05, 0.1) is 12.7 Å². The summed E-state index contributed by atoms with van der Waals surface area (Å²) in [7, 11) is 0. The van der Waals surface area contributed by atoms with E-state index in [1.807, 2.05) is 23.0 Å². The normalized spacial score (nSPS) is 16.9. The summed E-state index contributed by atoms with van der Waals surface area (Å²) in [5, 5.41) is 7.81. The van der Waals surface area contributed by atoms with Gasteiger partial charge in [-0.25, -0.2) is 0 Å². The molecule has 0 radical (unpaired) electrons. The number of aromatic nitrogens is 2. The quantitative estimate of drug-likeness (QED) is 0.820. The van der Waals surface area contributed by atoms with Crippen molar-refractivity contribution in [2.45, 2.75) is 39.0 Å². The number of nitrogens with zero attached hydrogens (tertiary/aromatic N) is 2. The maximum absolute atomic E-state index is 5.94. The molecule has 20 heavy (non-hydrogen) atoms. The van der Waals surface area contributed by atoms with Gasteiger partial charge in [0.15, 0.2) is 0 Å². The molecule has 0 spiro atoms. The summed E-state index contributed by atoms with van der Waals surface area (Å²) in [5.74, 6) is 1.02. The molecule has 0 saturated heterocycles. The molecule has 0 saturated carbocycles. The Labute approximate surface area is 119 Å². The monoisotopic (exact) mass is 271 g/mol. The molecule has 4 heteroatoms. The average Bonchev–Trinajstić information content (AvgIpc) is 3.05. The molecule has 1 aromatic carbocycles. The third-order valence-electron chi connectivity index (χ3n) is 3.55. The van der Waals surface area contributed by atoms with Crippen LogP contribution in [0.15, 0.2) is 36.7 Å². The third kappa shape index (κ3) is 3.02. The Balaban J connectivity index is 1.55. The highest BCUT2D eigenvalue weighted by Crippen LogP contribution is 2.28. The lowest BCUT2D eigenvalue weighted by Gasteiger charge is -2.10. The van der Waals surface area contributed by atoms with Gasteiger partial charge in [-0.05, 0) is 24.6 Å². The van der Waals surface area contributed by atoms with Gasteiger partial charge < -0.3 is 10.1 Å². The molecule has 1 atom stereocenters. The summed E-state index contributed by atoms with van der Waals surface area (Å²) < 4.78 is 7.93. The van der Waals surface area contributed by atoms with Crippen LogP contribution in [0.1, 0.15) is 24.5 Å². The Morgan fingerprint density at radius 2 is 2.30 bits per heavy atom. The van der Waals surface area contributed by atoms with E-state index in [9.17, 15) is 0 Å². The lowest BCUT2D eigenvalue weighted by molar-refractivity contribution is 0.203. The highest BCUT2D eigenvalue weighted by molar-refractivity contribution is 5.37. The first-order valence-electron chi connectivity index (χ1n) is 7.31. The summed E-state index contributed by atoms with van der Waals surface area (Å²) >= 11 is 0. The van der Waals surface area contributed by atoms with Gasteiger partial charge in [-0.3, -0.25) is 4.68 Å². The molecule has 1 aliphatic heterocycles. The van der Waals surface area contributed by atoms with Crippen molar-refractivity contribution in [1.29, 1.82) is 0 Å². The van der Waals surface area contributed by atoms with E-state index in [4.69, 9.17) is 4.74 Å². The smallest absolute Gasteiger partial charge is 0.123 e. The van der Waals surface area contributed by atoms with E-state index in [2.05, 4.69) is 35.7 Å². The van der Waals surface area contributed by atoms with E-state index < -0.39 is 0 Å². The minimum atomic E-state index is 0.198. The molecule has 1 aliphatic rings. The van der Waals surface area contributed by atoms with Gasteiger partial charge >= 0.3 is 0 Å². The number of hydrogen-bond donors (Lipinski definition) is 1. The number of para-hydroxylation sites is 1. The molecule has 106 valence electrons. The van der Waals surface area contributed by atoms with Crippen LogP contribution in [0.5, 0.6) is 5.75 Å². The molecular weight excluding hydrogens is 250 g/mol. The second-order valence-electron chi connectivity index (χ2n) is 5.30. The molecule has 0 amide bonds. The number of fused-ring (bicyclic) bond motifs is 1. The van der Waals surface area contributed by atoms with Crippen molar-refractivity contribution in [3.05, 3.63) is 47.8 Å². The van der Waals surface area contributed by atoms with Crippen LogP contribution < -0.4 is 10.1 Å². The zero-order chi connectivity index (χ0) is 13.8. The van der Waals surface area contributed by atoms with Gasteiger partial charge in [-0.1, -0.05) is 25.1 Å². The second kappa shape index (κ2) is 6.09. The Morgan fingerprint density at radius 3 is 3.15 bits per heavy atom. The molecule has 1 aromatic heterocycles. The standard InChI is InChI=1S/C16H21N3O/c1-2-7-17-9-13-10-18-19(11-13)12-15-8-14-5-3-4-6-16(14)20-15/h3-6,10-11,15,17H,2,7-9,12H2,1H3. The van der Waals surface area contributed by atoms with Crippen LogP contribution >= 0.6 is 0 Å². The first-order valence-corrected chi connectivity index (χ1v) is 7.31. The van der Waals surface area contributed by atoms with Crippen LogP contribution in [0.4, 0.5) is 0 Å². The van der Waals surface area contributed by atoms with E-state index in [1.54, 1.807) is 0 Å². The fraction of sp³-hybridized carbons (Fsp3) is 0.438. The van der Waals surface area contributed by atoms with Gasteiger partial charge in [0.25, 0.3) is 0 Å². The van der Waals surface area contributed by atoms with E-state index >= 15 is 0 Å². The minimum Gasteiger partial charge on any atom is -0.488 e. The van der Waals surface area contributed by atoms with E-state index in [1.165, 1.54) is 11.1 Å². The molecule has 0 fully saturated rings. The largest absolute Gasteiger partial charge is 0.488 e. The predicted molar refractivity (Wildman–Crippen MR) is 78.8 cm³/mol. The number of benzene rings is 1. The van der Waals surface area contributed by atoms with E-state index in [-0.39, 0.29) is 6.10 Å². The number of rotatable bonds is 6. The molecule has 0 bridgehead atoms. The van der Waals surface area contributed by atoms with E-state index in [0.29, 0.717) is 0 Å². The Morgan fingerprint density at radius 1 is 1.40 bits per heavy atom. The fourth-order valence-corrected chi connectivity index (χ4v) is 2.57. The van der Waals surface area contributed by atoms with Crippen LogP contribution in [0.2, 0.25) is 0 Å². The van der Waals surface area contributed by atoms with Crippen molar-refractivity contribution in [2.75, 3.05) is 6.54 Å². The van der Waals surface area contributed by atoms with Crippen molar-refractivity contribution in [3.8, 4) is 5.75 Å². The molecule has 2 heterocycles. The molecule has 1 unspecified atom stereocenters. The summed E-state index contributed by atoms with van der Waals surface area (Å²) in [5.41, 5.74) is 2.53. The average molecular weight is 271 g/mol. The van der Waals surface area contributed by atoms with Crippen LogP contribution in [0, 0.1) is 0 Å². The van der Waals surface area contributed by atoms with Crippen LogP contribution in [0.3, 0.4) is 0 Å². The Hall–Kier alpha value is -1.81. The zero-order valence-electron chi connectivity index (χ0n) is 11.9. The zero-order valence-corrected chi connectivity index (χ0v) is 11.9. The van der Waals surface area contributed by atoms with Gasteiger partial charge in [-0.15, -0.1) is 0 Å². The lowest BCUT2D eigenvalue weighted by Crippen LogP contribution is -2.21. The summed E-state index contributed by atoms with van der Waals surface area (Å²) in [4.78, 5) is 0. The molecule has 3 rings (SSSR count). The van der Waals surface area contributed by atoms with Crippen molar-refractivity contribution < 1.29 is 4.74 Å². The van der Waals surface area contributed by atoms with Crippen molar-refractivity contribution in [2.24, 2.45) is 0 Å². The number of hydrogen-bond acceptors (Lipinski definition) is 3. The topological polar surface area (TPSA) is 39.1 Å². The van der Waals surface area contributed by atoms with Crippen molar-refractivity contribution in [1.82, 2.24) is 15.1 Å². The maximum Gasteiger partial charge on any atom is 0.123 e. The van der Waals surface area contributed by atoms with Crippen molar-refractivity contribution >= 4 is 0 Å². The number of ether oxygens (including phenoxy) is 1. The predicted octanol–water partition coefficient (Wildman–Crippen LogP) is 2.39. The maximum atomic E-state index is 5.94. The molecule has 4 nitrogen and oxygen atoms in total. The molecule has 0 aliphatic carbocycles. The summed E-state index contributed by atoms with van der Waals surface area (Å²) in [6.45, 7) is 4.92. The Bertz CT molecular complexity index is 539. The summed E-state index contributed by atoms with van der Waals surface area (Å²) in [6.07, 6.45) is 6.37. The first kappa shape index (κ1) is 13.2. The molecule has 1 N–H and O–H groups in total. The van der Waals surface area contributed by atoms with Crippen LogP contribution in [-0.2, 0) is 19.5 Å². The minimum absolute atomic E-state index is 0.198. The van der Waals surface area contributed by atoms with Crippen LogP contribution in [0.25, 0.3) is 0 Å². The highest BCUT2D eigenvalue weighted by atomic mass is 16.5. The fourth-order valence-electron chi connectivity index (χ4n) is 2.57. The van der Waals surface area contributed by atoms with Crippen molar-refractivity contribution in [3.63, 3.8) is 0 Å². The van der Waals surface area contributed by atoms with Gasteiger partial charge in [0.2, 0.25) is 0 Å². The van der Waals surface area contributed by atoms with Gasteiger partial charge in [-0.2, -0.15) is 5.10 Å². The first-order chi connectivity index (χ1) is 9.85.